The van der Waals surface area contributed by atoms with Gasteiger partial charge in [-0.25, -0.2) is 4.57 Å². The third-order valence-electron chi connectivity index (χ3n) is 7.02. The van der Waals surface area contributed by atoms with Gasteiger partial charge >= 0.3 is 13.8 Å². The molecule has 0 aliphatic heterocycles. The smallest absolute Gasteiger partial charge is 0.457 e. The zero-order valence-electron chi connectivity index (χ0n) is 28.4. The lowest BCUT2D eigenvalue weighted by Crippen LogP contribution is -2.37. The zero-order valence-corrected chi connectivity index (χ0v) is 29.3. The molecule has 0 rings (SSSR count). The van der Waals surface area contributed by atoms with Gasteiger partial charge in [0.05, 0.1) is 34.4 Å². The maximum absolute atomic E-state index is 12.4. The Morgan fingerprint density at radius 3 is 1.95 bits per heavy atom. The Balaban J connectivity index is 4.26. The van der Waals surface area contributed by atoms with Crippen molar-refractivity contribution in [2.75, 3.05) is 54.1 Å². The van der Waals surface area contributed by atoms with E-state index in [9.17, 15) is 14.3 Å². The molecule has 254 valence electrons. The Kier molecular flexibility index (Phi) is 27.8. The molecule has 0 aromatic carbocycles. The van der Waals surface area contributed by atoms with Crippen molar-refractivity contribution < 1.29 is 37.3 Å². The predicted molar refractivity (Wildman–Crippen MR) is 178 cm³/mol. The van der Waals surface area contributed by atoms with E-state index in [0.717, 1.165) is 44.9 Å². The first-order valence-corrected chi connectivity index (χ1v) is 18.6. The first-order valence-electron chi connectivity index (χ1n) is 17.1. The van der Waals surface area contributed by atoms with Gasteiger partial charge in [0.15, 0.2) is 0 Å². The van der Waals surface area contributed by atoms with Gasteiger partial charge in [-0.05, 0) is 38.5 Å². The molecule has 0 heterocycles. The number of esters is 1. The van der Waals surface area contributed by atoms with E-state index in [1.807, 2.05) is 21.1 Å². The molecule has 0 saturated carbocycles. The van der Waals surface area contributed by atoms with Crippen molar-refractivity contribution in [3.8, 4) is 0 Å². The molecule has 2 unspecified atom stereocenters. The molecular weight excluding hydrogens is 565 g/mol. The second kappa shape index (κ2) is 28.5. The highest BCUT2D eigenvalue weighted by atomic mass is 31.2. The molecule has 0 aromatic heterocycles. The van der Waals surface area contributed by atoms with Crippen LogP contribution in [0.1, 0.15) is 129 Å². The fourth-order valence-corrected chi connectivity index (χ4v) is 5.01. The van der Waals surface area contributed by atoms with E-state index in [-0.39, 0.29) is 25.8 Å². The Morgan fingerprint density at radius 1 is 0.721 bits per heavy atom. The van der Waals surface area contributed by atoms with Crippen LogP contribution in [0.25, 0.3) is 0 Å². The summed E-state index contributed by atoms with van der Waals surface area (Å²) in [5.41, 5.74) is 0. The fraction of sp³-hybridized carbons (Fsp3) is 0.853. The first kappa shape index (κ1) is 42.0. The molecule has 0 aliphatic carbocycles. The minimum Gasteiger partial charge on any atom is -0.457 e. The van der Waals surface area contributed by atoms with Crippen molar-refractivity contribution in [1.29, 1.82) is 0 Å². The number of quaternary nitrogens is 1. The van der Waals surface area contributed by atoms with Gasteiger partial charge in [0.25, 0.3) is 0 Å². The van der Waals surface area contributed by atoms with E-state index in [0.29, 0.717) is 24.1 Å². The number of phosphoric acid groups is 1. The molecule has 0 amide bonds. The van der Waals surface area contributed by atoms with Crippen LogP contribution in [-0.4, -0.2) is 75.6 Å². The molecule has 0 aliphatic rings. The second-order valence-electron chi connectivity index (χ2n) is 12.5. The van der Waals surface area contributed by atoms with Crippen LogP contribution in [0.15, 0.2) is 24.3 Å². The molecule has 0 aromatic rings. The van der Waals surface area contributed by atoms with Gasteiger partial charge in [-0.1, -0.05) is 109 Å². The summed E-state index contributed by atoms with van der Waals surface area (Å²) in [6, 6.07) is 0. The van der Waals surface area contributed by atoms with E-state index in [4.69, 9.17) is 18.5 Å². The van der Waals surface area contributed by atoms with Crippen LogP contribution < -0.4 is 0 Å². The molecule has 0 bridgehead atoms. The number of unbranched alkanes of at least 4 members (excludes halogenated alkanes) is 13. The minimum atomic E-state index is -4.25. The average molecular weight is 633 g/mol. The standard InChI is InChI=1S/C34H66NO7P/c1-6-8-10-12-14-15-16-17-18-19-20-21-22-24-26-29-39-31-33(42-34(36)27-25-23-13-11-9-7-2)32-41-43(37,38)40-30-28-35(3,4)5/h12,14,16-17,33H,6-11,13,15,18-32H2,1-5H3/p+1/b14-12-,17-16-. The van der Waals surface area contributed by atoms with E-state index in [2.05, 4.69) is 38.2 Å². The number of nitrogens with zero attached hydrogens (tertiary/aromatic N) is 1. The summed E-state index contributed by atoms with van der Waals surface area (Å²) < 4.78 is 34.6. The molecule has 0 radical (unpaired) electrons. The van der Waals surface area contributed by atoms with Crippen LogP contribution in [0.3, 0.4) is 0 Å². The molecule has 9 heteroatoms. The maximum Gasteiger partial charge on any atom is 0.472 e. The fourth-order valence-electron chi connectivity index (χ4n) is 4.27. The summed E-state index contributed by atoms with van der Waals surface area (Å²) in [5.74, 6) is -0.329. The lowest BCUT2D eigenvalue weighted by atomic mass is 10.1. The number of carbonyl (C=O) groups is 1. The van der Waals surface area contributed by atoms with E-state index >= 15 is 0 Å². The van der Waals surface area contributed by atoms with Gasteiger partial charge in [-0.15, -0.1) is 0 Å². The van der Waals surface area contributed by atoms with Crippen molar-refractivity contribution in [3.63, 3.8) is 0 Å². The van der Waals surface area contributed by atoms with E-state index in [1.54, 1.807) is 0 Å². The number of allylic oxidation sites excluding steroid dienone is 4. The third kappa shape index (κ3) is 32.2. The summed E-state index contributed by atoms with van der Waals surface area (Å²) in [5, 5.41) is 0. The summed E-state index contributed by atoms with van der Waals surface area (Å²) in [6.07, 6.45) is 27.9. The third-order valence-corrected chi connectivity index (χ3v) is 8.00. The van der Waals surface area contributed by atoms with Crippen molar-refractivity contribution in [2.24, 2.45) is 0 Å². The number of phosphoric ester groups is 1. The van der Waals surface area contributed by atoms with Gasteiger partial charge in [0.2, 0.25) is 0 Å². The summed E-state index contributed by atoms with van der Waals surface area (Å²) in [6.45, 7) is 5.48. The van der Waals surface area contributed by atoms with Crippen LogP contribution in [-0.2, 0) is 27.9 Å². The quantitative estimate of drug-likeness (QED) is 0.0268. The van der Waals surface area contributed by atoms with Gasteiger partial charge < -0.3 is 18.9 Å². The highest BCUT2D eigenvalue weighted by Crippen LogP contribution is 2.43. The average Bonchev–Trinajstić information content (AvgIpc) is 2.94. The largest absolute Gasteiger partial charge is 0.472 e. The summed E-state index contributed by atoms with van der Waals surface area (Å²) in [7, 11) is 1.66. The monoisotopic (exact) mass is 632 g/mol. The lowest BCUT2D eigenvalue weighted by molar-refractivity contribution is -0.870. The number of ether oxygens (including phenoxy) is 2. The Labute approximate surface area is 264 Å². The Hall–Kier alpha value is -1.02. The van der Waals surface area contributed by atoms with Crippen LogP contribution in [0.5, 0.6) is 0 Å². The number of hydrogen-bond donors (Lipinski definition) is 1. The van der Waals surface area contributed by atoms with Gasteiger partial charge in [0, 0.05) is 13.0 Å². The SMILES string of the molecule is CCCC/C=C\C/C=C\CCCCCCCCOCC(COP(=O)(O)OCC[N+](C)(C)C)OC(=O)CCCCCCCC. The number of carbonyl (C=O) groups excluding carboxylic acids is 1. The predicted octanol–water partition coefficient (Wildman–Crippen LogP) is 8.93. The van der Waals surface area contributed by atoms with Crippen molar-refractivity contribution in [3.05, 3.63) is 24.3 Å². The summed E-state index contributed by atoms with van der Waals surface area (Å²) >= 11 is 0. The molecule has 0 saturated heterocycles. The minimum absolute atomic E-state index is 0.0871. The van der Waals surface area contributed by atoms with Crippen LogP contribution >= 0.6 is 7.82 Å². The first-order chi connectivity index (χ1) is 20.6. The lowest BCUT2D eigenvalue weighted by Gasteiger charge is -2.24. The van der Waals surface area contributed by atoms with E-state index in [1.165, 1.54) is 64.2 Å². The maximum atomic E-state index is 12.4. The Morgan fingerprint density at radius 2 is 1.30 bits per heavy atom. The van der Waals surface area contributed by atoms with Crippen LogP contribution in [0.2, 0.25) is 0 Å². The molecule has 0 spiro atoms. The number of hydrogen-bond acceptors (Lipinski definition) is 6. The second-order valence-corrected chi connectivity index (χ2v) is 14.0. The van der Waals surface area contributed by atoms with Crippen molar-refractivity contribution in [1.82, 2.24) is 0 Å². The molecule has 8 nitrogen and oxygen atoms in total. The van der Waals surface area contributed by atoms with E-state index < -0.39 is 13.9 Å². The number of likely N-dealkylation sites (N-methyl/N-ethyl adjacent to an activating group) is 1. The normalized spacial score (nSPS) is 14.5. The topological polar surface area (TPSA) is 91.3 Å². The van der Waals surface area contributed by atoms with Crippen molar-refractivity contribution in [2.45, 2.75) is 136 Å². The van der Waals surface area contributed by atoms with Crippen LogP contribution in [0, 0.1) is 0 Å². The van der Waals surface area contributed by atoms with Gasteiger partial charge in [0.1, 0.15) is 19.3 Å². The molecule has 0 fully saturated rings. The zero-order chi connectivity index (χ0) is 32.1. The van der Waals surface area contributed by atoms with Crippen LogP contribution in [0.4, 0.5) is 0 Å². The summed E-state index contributed by atoms with van der Waals surface area (Å²) in [4.78, 5) is 22.5. The molecule has 1 N–H and O–H groups in total. The van der Waals surface area contributed by atoms with Gasteiger partial charge in [-0.3, -0.25) is 13.8 Å². The molecule has 2 atom stereocenters. The highest BCUT2D eigenvalue weighted by molar-refractivity contribution is 7.47. The Bertz CT molecular complexity index is 752. The van der Waals surface area contributed by atoms with Gasteiger partial charge in [-0.2, -0.15) is 0 Å². The highest BCUT2D eigenvalue weighted by Gasteiger charge is 2.26. The molecular formula is C34H67NO7P+. The number of rotatable bonds is 31. The van der Waals surface area contributed by atoms with Crippen molar-refractivity contribution >= 4 is 13.8 Å². The molecule has 43 heavy (non-hydrogen) atoms.